The Kier molecular flexibility index (Phi) is 6.19. The molecule has 2 rings (SSSR count). The summed E-state index contributed by atoms with van der Waals surface area (Å²) in [6.07, 6.45) is 3.36. The summed E-state index contributed by atoms with van der Waals surface area (Å²) in [4.78, 5) is 11.2. The van der Waals surface area contributed by atoms with Crippen LogP contribution in [0.3, 0.4) is 0 Å². The predicted octanol–water partition coefficient (Wildman–Crippen LogP) is 3.68. The molecular formula is C18H26N4. The van der Waals surface area contributed by atoms with E-state index in [-0.39, 0.29) is 0 Å². The van der Waals surface area contributed by atoms with Crippen molar-refractivity contribution >= 4 is 11.6 Å². The van der Waals surface area contributed by atoms with Crippen LogP contribution in [0, 0.1) is 6.92 Å². The van der Waals surface area contributed by atoms with E-state index >= 15 is 0 Å². The molecule has 0 spiro atoms. The average molecular weight is 298 g/mol. The van der Waals surface area contributed by atoms with E-state index in [4.69, 9.17) is 0 Å². The highest BCUT2D eigenvalue weighted by atomic mass is 15.2. The SMILES string of the molecule is CCCCN(C)c1cc(NCCc2ccccc2)nc(C)n1. The first kappa shape index (κ1) is 16.3. The predicted molar refractivity (Wildman–Crippen MR) is 93.6 cm³/mol. The summed E-state index contributed by atoms with van der Waals surface area (Å²) < 4.78 is 0. The van der Waals surface area contributed by atoms with Crippen molar-refractivity contribution in [2.75, 3.05) is 30.4 Å². The van der Waals surface area contributed by atoms with Crippen molar-refractivity contribution in [2.45, 2.75) is 33.1 Å². The van der Waals surface area contributed by atoms with Gasteiger partial charge in [0.2, 0.25) is 0 Å². The molecule has 0 amide bonds. The lowest BCUT2D eigenvalue weighted by Gasteiger charge is -2.19. The van der Waals surface area contributed by atoms with Crippen LogP contribution in [-0.4, -0.2) is 30.1 Å². The fourth-order valence-corrected chi connectivity index (χ4v) is 2.33. The third kappa shape index (κ3) is 5.02. The van der Waals surface area contributed by atoms with Crippen LogP contribution in [-0.2, 0) is 6.42 Å². The molecule has 0 radical (unpaired) electrons. The maximum absolute atomic E-state index is 4.53. The highest BCUT2D eigenvalue weighted by Gasteiger charge is 2.06. The lowest BCUT2D eigenvalue weighted by Crippen LogP contribution is -2.20. The summed E-state index contributed by atoms with van der Waals surface area (Å²) in [7, 11) is 2.09. The van der Waals surface area contributed by atoms with Gasteiger partial charge in [0.15, 0.2) is 0 Å². The largest absolute Gasteiger partial charge is 0.370 e. The van der Waals surface area contributed by atoms with E-state index in [9.17, 15) is 0 Å². The van der Waals surface area contributed by atoms with E-state index in [1.54, 1.807) is 0 Å². The minimum atomic E-state index is 0.808. The van der Waals surface area contributed by atoms with E-state index < -0.39 is 0 Å². The normalized spacial score (nSPS) is 10.5. The number of nitrogens with one attached hydrogen (secondary N) is 1. The first-order chi connectivity index (χ1) is 10.7. The molecule has 4 heteroatoms. The molecule has 0 aliphatic heterocycles. The number of aryl methyl sites for hydroxylation is 1. The van der Waals surface area contributed by atoms with Gasteiger partial charge in [0, 0.05) is 26.2 Å². The first-order valence-corrected chi connectivity index (χ1v) is 8.03. The molecular weight excluding hydrogens is 272 g/mol. The van der Waals surface area contributed by atoms with Gasteiger partial charge in [-0.1, -0.05) is 43.7 Å². The van der Waals surface area contributed by atoms with Gasteiger partial charge < -0.3 is 10.2 Å². The van der Waals surface area contributed by atoms with Crippen molar-refractivity contribution in [1.29, 1.82) is 0 Å². The first-order valence-electron chi connectivity index (χ1n) is 8.03. The molecule has 4 nitrogen and oxygen atoms in total. The smallest absolute Gasteiger partial charge is 0.134 e. The Hall–Kier alpha value is -2.10. The molecule has 1 aromatic carbocycles. The van der Waals surface area contributed by atoms with Gasteiger partial charge in [-0.05, 0) is 25.3 Å². The van der Waals surface area contributed by atoms with Gasteiger partial charge in [-0.25, -0.2) is 9.97 Å². The number of benzene rings is 1. The van der Waals surface area contributed by atoms with Crippen LogP contribution in [0.25, 0.3) is 0 Å². The van der Waals surface area contributed by atoms with E-state index in [1.165, 1.54) is 18.4 Å². The molecule has 2 aromatic rings. The minimum Gasteiger partial charge on any atom is -0.370 e. The van der Waals surface area contributed by atoms with Crippen molar-refractivity contribution in [2.24, 2.45) is 0 Å². The molecule has 0 unspecified atom stereocenters. The molecule has 1 heterocycles. The molecule has 118 valence electrons. The quantitative estimate of drug-likeness (QED) is 0.807. The van der Waals surface area contributed by atoms with Crippen LogP contribution in [0.15, 0.2) is 36.4 Å². The van der Waals surface area contributed by atoms with Crippen molar-refractivity contribution < 1.29 is 0 Å². The lowest BCUT2D eigenvalue weighted by molar-refractivity contribution is 0.756. The van der Waals surface area contributed by atoms with Gasteiger partial charge in [-0.15, -0.1) is 0 Å². The van der Waals surface area contributed by atoms with Gasteiger partial charge in [-0.3, -0.25) is 0 Å². The van der Waals surface area contributed by atoms with Crippen molar-refractivity contribution in [3.05, 3.63) is 47.8 Å². The minimum absolute atomic E-state index is 0.808. The number of hydrogen-bond acceptors (Lipinski definition) is 4. The zero-order chi connectivity index (χ0) is 15.8. The van der Waals surface area contributed by atoms with Crippen LogP contribution in [0.4, 0.5) is 11.6 Å². The molecule has 0 bridgehead atoms. The summed E-state index contributed by atoms with van der Waals surface area (Å²) in [6, 6.07) is 12.5. The van der Waals surface area contributed by atoms with Gasteiger partial charge >= 0.3 is 0 Å². The van der Waals surface area contributed by atoms with E-state index in [1.807, 2.05) is 19.1 Å². The second-order valence-electron chi connectivity index (χ2n) is 5.60. The van der Waals surface area contributed by atoms with E-state index in [0.717, 1.165) is 37.0 Å². The summed E-state index contributed by atoms with van der Waals surface area (Å²) in [5, 5.41) is 3.41. The molecule has 1 N–H and O–H groups in total. The molecule has 0 saturated heterocycles. The Balaban J connectivity index is 1.94. The maximum atomic E-state index is 4.53. The molecule has 0 fully saturated rings. The molecule has 22 heavy (non-hydrogen) atoms. The number of unbranched alkanes of at least 4 members (excludes halogenated alkanes) is 1. The highest BCUT2D eigenvalue weighted by Crippen LogP contribution is 2.15. The van der Waals surface area contributed by atoms with E-state index in [0.29, 0.717) is 0 Å². The van der Waals surface area contributed by atoms with Gasteiger partial charge in [0.05, 0.1) is 0 Å². The Morgan fingerprint density at radius 1 is 1.14 bits per heavy atom. The summed E-state index contributed by atoms with van der Waals surface area (Å²) in [6.45, 7) is 6.05. The third-order valence-corrected chi connectivity index (χ3v) is 3.63. The number of hydrogen-bond donors (Lipinski definition) is 1. The highest BCUT2D eigenvalue weighted by molar-refractivity contribution is 5.49. The summed E-state index contributed by atoms with van der Waals surface area (Å²) in [5.74, 6) is 2.70. The number of nitrogens with zero attached hydrogens (tertiary/aromatic N) is 3. The fourth-order valence-electron chi connectivity index (χ4n) is 2.33. The zero-order valence-corrected chi connectivity index (χ0v) is 13.8. The van der Waals surface area contributed by atoms with Crippen LogP contribution in [0.5, 0.6) is 0 Å². The molecule has 0 saturated carbocycles. The topological polar surface area (TPSA) is 41.0 Å². The van der Waals surface area contributed by atoms with Gasteiger partial charge in [0.25, 0.3) is 0 Å². The third-order valence-electron chi connectivity index (χ3n) is 3.63. The molecule has 0 aliphatic rings. The summed E-state index contributed by atoms with van der Waals surface area (Å²) >= 11 is 0. The van der Waals surface area contributed by atoms with Crippen LogP contribution >= 0.6 is 0 Å². The van der Waals surface area contributed by atoms with Crippen LogP contribution < -0.4 is 10.2 Å². The average Bonchev–Trinajstić information content (AvgIpc) is 2.53. The molecule has 0 atom stereocenters. The zero-order valence-electron chi connectivity index (χ0n) is 13.8. The monoisotopic (exact) mass is 298 g/mol. The van der Waals surface area contributed by atoms with Gasteiger partial charge in [-0.2, -0.15) is 0 Å². The van der Waals surface area contributed by atoms with Crippen molar-refractivity contribution in [3.8, 4) is 0 Å². The lowest BCUT2D eigenvalue weighted by atomic mass is 10.1. The Morgan fingerprint density at radius 3 is 2.64 bits per heavy atom. The van der Waals surface area contributed by atoms with Crippen LogP contribution in [0.2, 0.25) is 0 Å². The summed E-state index contributed by atoms with van der Waals surface area (Å²) in [5.41, 5.74) is 1.33. The fraction of sp³-hybridized carbons (Fsp3) is 0.444. The van der Waals surface area contributed by atoms with Crippen molar-refractivity contribution in [1.82, 2.24) is 9.97 Å². The van der Waals surface area contributed by atoms with Gasteiger partial charge in [0.1, 0.15) is 17.5 Å². The second kappa shape index (κ2) is 8.37. The number of anilines is 2. The second-order valence-corrected chi connectivity index (χ2v) is 5.60. The maximum Gasteiger partial charge on any atom is 0.134 e. The Morgan fingerprint density at radius 2 is 1.91 bits per heavy atom. The molecule has 1 aromatic heterocycles. The Labute approximate surface area is 133 Å². The standard InChI is InChI=1S/C18H26N4/c1-4-5-13-22(3)18-14-17(20-15(2)21-18)19-12-11-16-9-7-6-8-10-16/h6-10,14H,4-5,11-13H2,1-3H3,(H,19,20,21). The number of aromatic nitrogens is 2. The van der Waals surface area contributed by atoms with E-state index in [2.05, 4.69) is 58.4 Å². The Bertz CT molecular complexity index is 569. The van der Waals surface area contributed by atoms with Crippen molar-refractivity contribution in [3.63, 3.8) is 0 Å². The van der Waals surface area contributed by atoms with Crippen LogP contribution in [0.1, 0.15) is 31.2 Å². The molecule has 0 aliphatic carbocycles. The number of rotatable bonds is 8.